The number of Topliss-reactive ketones (excluding diaryl/α,β-unsaturated/α-hetero) is 1. The average molecular weight is 825 g/mol. The van der Waals surface area contributed by atoms with Crippen LogP contribution in [0.4, 0.5) is 0 Å². The number of rotatable bonds is 4. The fourth-order valence-electron chi connectivity index (χ4n) is 8.26. The van der Waals surface area contributed by atoms with Crippen LogP contribution in [-0.2, 0) is 35.1 Å². The number of ether oxygens (including phenoxy) is 2. The molecule has 58 heavy (non-hydrogen) atoms. The topological polar surface area (TPSA) is 146 Å². The van der Waals surface area contributed by atoms with Crippen molar-refractivity contribution in [2.45, 2.75) is 137 Å². The number of thioether (sulfide) groups is 1. The summed E-state index contributed by atoms with van der Waals surface area (Å²) in [4.78, 5) is 80.2. The van der Waals surface area contributed by atoms with E-state index >= 15 is 0 Å². The lowest BCUT2D eigenvalue weighted by Gasteiger charge is -2.38. The lowest BCUT2D eigenvalue weighted by molar-refractivity contribution is -0.166. The first-order valence-corrected chi connectivity index (χ1v) is 21.9. The molecule has 1 aromatic rings. The molecular weight excluding hydrogens is 757 g/mol. The second-order valence-electron chi connectivity index (χ2n) is 18.2. The van der Waals surface area contributed by atoms with E-state index in [0.29, 0.717) is 49.3 Å². The quantitative estimate of drug-likeness (QED) is 0.363. The summed E-state index contributed by atoms with van der Waals surface area (Å²) in [5.74, 6) is -1.79. The predicted molar refractivity (Wildman–Crippen MR) is 229 cm³/mol. The molecule has 9 atom stereocenters. The highest BCUT2D eigenvalue weighted by Crippen LogP contribution is 2.34. The zero-order chi connectivity index (χ0) is 43.2. The van der Waals surface area contributed by atoms with Gasteiger partial charge in [0.25, 0.3) is 0 Å². The SMILES string of the molecule is COc1ccc(C[C@@H]2CC(=O)/C(C)=C/[C@H]3CSC(=N3)[C@@H](C)[C@@H](O)C[C@H](C)C[C@@H](C(C)(C)C)OC(=O)[C@@H]3CCCN3C(=O)[C@H](C(C)C)N(C)C(=O)[C@H](C)N(C)C2=O)cc1. The molecule has 3 amide bonds. The summed E-state index contributed by atoms with van der Waals surface area (Å²) in [5.41, 5.74) is 0.935. The lowest BCUT2D eigenvalue weighted by atomic mass is 9.81. The molecule has 0 saturated carbocycles. The molecular formula is C45H68N4O8S. The molecule has 2 bridgehead atoms. The van der Waals surface area contributed by atoms with Crippen LogP contribution in [0.1, 0.15) is 100.0 Å². The summed E-state index contributed by atoms with van der Waals surface area (Å²) in [7, 11) is 4.71. The summed E-state index contributed by atoms with van der Waals surface area (Å²) in [5, 5.41) is 12.2. The van der Waals surface area contributed by atoms with Crippen molar-refractivity contribution in [1.82, 2.24) is 14.7 Å². The minimum Gasteiger partial charge on any atom is -0.497 e. The zero-order valence-corrected chi connectivity index (χ0v) is 37.6. The maximum absolute atomic E-state index is 14.4. The van der Waals surface area contributed by atoms with Crippen molar-refractivity contribution < 1.29 is 38.6 Å². The van der Waals surface area contributed by atoms with Gasteiger partial charge in [-0.1, -0.05) is 66.7 Å². The number of amides is 3. The Kier molecular flexibility index (Phi) is 16.2. The number of carbonyl (C=O) groups is 5. The van der Waals surface area contributed by atoms with Crippen LogP contribution in [0, 0.1) is 29.1 Å². The molecule has 0 radical (unpaired) electrons. The molecule has 0 spiro atoms. The molecule has 3 aliphatic rings. The van der Waals surface area contributed by atoms with Gasteiger partial charge < -0.3 is 29.3 Å². The van der Waals surface area contributed by atoms with E-state index < -0.39 is 53.5 Å². The van der Waals surface area contributed by atoms with Crippen LogP contribution in [-0.4, -0.2) is 124 Å². The van der Waals surface area contributed by atoms with Gasteiger partial charge in [0.2, 0.25) is 17.7 Å². The predicted octanol–water partition coefficient (Wildman–Crippen LogP) is 5.98. The standard InChI is InChI=1S/C45H68N4O8S/c1-26(2)39-43(54)49-19-13-14-35(49)44(55)57-38(45(7,8)9)21-27(3)20-37(51)29(5)40-46-33(25-58-40)22-28(4)36(50)24-32(23-31-15-17-34(56-12)18-16-31)42(53)47(10)30(6)41(52)48(39)11/h15-18,22,26-27,29-30,32-33,35,37-39,51H,13-14,19-21,23-25H2,1-12H3/b28-22+/t27-,29-,30-,32+,33-,35-,37-,38-,39-/m0/s1. The Labute approximate surface area is 350 Å². The number of esters is 1. The molecule has 13 heteroatoms. The Hall–Kier alpha value is -3.71. The summed E-state index contributed by atoms with van der Waals surface area (Å²) >= 11 is 1.58. The fourth-order valence-corrected chi connectivity index (χ4v) is 9.40. The molecule has 1 aromatic carbocycles. The van der Waals surface area contributed by atoms with Crippen molar-refractivity contribution in [3.8, 4) is 5.75 Å². The van der Waals surface area contributed by atoms with Gasteiger partial charge in [0.05, 0.1) is 24.3 Å². The highest BCUT2D eigenvalue weighted by atomic mass is 32.2. The normalized spacial score (nSPS) is 31.7. The zero-order valence-electron chi connectivity index (χ0n) is 36.8. The van der Waals surface area contributed by atoms with Crippen LogP contribution in [0.5, 0.6) is 5.75 Å². The third-order valence-electron chi connectivity index (χ3n) is 12.2. The number of aliphatic imine (C=N–C) groups is 1. The number of likely N-dealkylation sites (N-methyl/N-ethyl adjacent to an activating group) is 2. The number of hydrogen-bond acceptors (Lipinski definition) is 10. The first-order chi connectivity index (χ1) is 27.1. The first-order valence-electron chi connectivity index (χ1n) is 20.9. The Morgan fingerprint density at radius 1 is 0.966 bits per heavy atom. The Morgan fingerprint density at radius 2 is 1.62 bits per heavy atom. The van der Waals surface area contributed by atoms with Gasteiger partial charge in [-0.05, 0) is 86.5 Å². The molecule has 322 valence electrons. The van der Waals surface area contributed by atoms with E-state index in [9.17, 15) is 29.1 Å². The average Bonchev–Trinajstić information content (AvgIpc) is 3.86. The van der Waals surface area contributed by atoms with E-state index in [4.69, 9.17) is 14.5 Å². The number of allylic oxidation sites excluding steroid dienone is 1. The minimum atomic E-state index is -0.958. The van der Waals surface area contributed by atoms with E-state index in [1.165, 1.54) is 9.80 Å². The van der Waals surface area contributed by atoms with Crippen molar-refractivity contribution in [3.63, 3.8) is 0 Å². The highest BCUT2D eigenvalue weighted by Gasteiger charge is 2.44. The van der Waals surface area contributed by atoms with Gasteiger partial charge in [0, 0.05) is 44.6 Å². The maximum atomic E-state index is 14.4. The summed E-state index contributed by atoms with van der Waals surface area (Å²) in [6, 6.07) is 4.43. The molecule has 1 fully saturated rings. The van der Waals surface area contributed by atoms with Crippen molar-refractivity contribution in [3.05, 3.63) is 41.5 Å². The molecule has 0 aliphatic carbocycles. The van der Waals surface area contributed by atoms with E-state index in [-0.39, 0.29) is 54.2 Å². The summed E-state index contributed by atoms with van der Waals surface area (Å²) in [6.07, 6.45) is 2.96. The first kappa shape index (κ1) is 47.0. The van der Waals surface area contributed by atoms with Crippen LogP contribution in [0.15, 0.2) is 40.9 Å². The van der Waals surface area contributed by atoms with Gasteiger partial charge in [-0.2, -0.15) is 0 Å². The third-order valence-corrected chi connectivity index (χ3v) is 13.5. The highest BCUT2D eigenvalue weighted by molar-refractivity contribution is 8.14. The van der Waals surface area contributed by atoms with Crippen LogP contribution in [0.2, 0.25) is 0 Å². The molecule has 0 unspecified atom stereocenters. The number of nitrogens with zero attached hydrogens (tertiary/aromatic N) is 4. The van der Waals surface area contributed by atoms with Gasteiger partial charge in [-0.15, -0.1) is 11.8 Å². The Balaban J connectivity index is 1.72. The molecule has 3 aliphatic heterocycles. The van der Waals surface area contributed by atoms with Gasteiger partial charge in [0.15, 0.2) is 5.78 Å². The second kappa shape index (κ2) is 20.0. The molecule has 12 nitrogen and oxygen atoms in total. The van der Waals surface area contributed by atoms with Crippen molar-refractivity contribution >= 4 is 46.3 Å². The van der Waals surface area contributed by atoms with Gasteiger partial charge in [-0.25, -0.2) is 4.79 Å². The number of methoxy groups -OCH3 is 1. The molecule has 1 saturated heterocycles. The van der Waals surface area contributed by atoms with E-state index in [2.05, 4.69) is 6.92 Å². The minimum absolute atomic E-state index is 0.00602. The fraction of sp³-hybridized carbons (Fsp3) is 0.689. The number of ketones is 1. The number of cyclic esters (lactones) is 1. The number of aliphatic hydroxyl groups is 1. The van der Waals surface area contributed by atoms with E-state index in [0.717, 1.165) is 10.6 Å². The van der Waals surface area contributed by atoms with E-state index in [1.807, 2.05) is 71.9 Å². The van der Waals surface area contributed by atoms with Crippen LogP contribution in [0.25, 0.3) is 0 Å². The largest absolute Gasteiger partial charge is 0.497 e. The van der Waals surface area contributed by atoms with Gasteiger partial charge >= 0.3 is 5.97 Å². The number of fused-ring (bicyclic) bond motifs is 2. The number of hydrogen-bond donors (Lipinski definition) is 1. The van der Waals surface area contributed by atoms with Gasteiger partial charge in [-0.3, -0.25) is 24.2 Å². The number of aliphatic hydroxyl groups excluding tert-OH is 1. The Bertz CT molecular complexity index is 1700. The van der Waals surface area contributed by atoms with Crippen molar-refractivity contribution in [2.75, 3.05) is 33.5 Å². The monoisotopic (exact) mass is 824 g/mol. The van der Waals surface area contributed by atoms with Crippen LogP contribution in [0.3, 0.4) is 0 Å². The number of benzene rings is 1. The number of carbonyl (C=O) groups excluding carboxylic acids is 5. The summed E-state index contributed by atoms with van der Waals surface area (Å²) in [6.45, 7) is 17.6. The second-order valence-corrected chi connectivity index (χ2v) is 19.3. The summed E-state index contributed by atoms with van der Waals surface area (Å²) < 4.78 is 11.6. The lowest BCUT2D eigenvalue weighted by Crippen LogP contribution is -2.58. The van der Waals surface area contributed by atoms with Crippen molar-refractivity contribution in [2.24, 2.45) is 34.1 Å². The molecule has 0 aromatic heterocycles. The van der Waals surface area contributed by atoms with Crippen LogP contribution >= 0.6 is 11.8 Å². The molecule has 3 heterocycles. The van der Waals surface area contributed by atoms with Crippen molar-refractivity contribution in [1.29, 1.82) is 0 Å². The van der Waals surface area contributed by atoms with Crippen LogP contribution < -0.4 is 4.74 Å². The molecule has 4 rings (SSSR count). The Morgan fingerprint density at radius 3 is 2.22 bits per heavy atom. The van der Waals surface area contributed by atoms with Gasteiger partial charge in [0.1, 0.15) is 30.0 Å². The molecule has 1 N–H and O–H groups in total. The smallest absolute Gasteiger partial charge is 0.329 e. The third kappa shape index (κ3) is 11.5. The maximum Gasteiger partial charge on any atom is 0.329 e. The van der Waals surface area contributed by atoms with E-state index in [1.54, 1.807) is 51.7 Å².